The van der Waals surface area contributed by atoms with Crippen LogP contribution in [0.15, 0.2) is 65.1 Å². The van der Waals surface area contributed by atoms with Gasteiger partial charge in [-0.1, -0.05) is 42.1 Å². The average molecular weight is 394 g/mol. The van der Waals surface area contributed by atoms with Crippen LogP contribution in [0.4, 0.5) is 0 Å². The molecule has 1 heterocycles. The molecule has 0 radical (unpaired) electrons. The maximum atomic E-state index is 13.3. The summed E-state index contributed by atoms with van der Waals surface area (Å²) in [6, 6.07) is 13.1. The molecule has 28 heavy (non-hydrogen) atoms. The predicted octanol–water partition coefficient (Wildman–Crippen LogP) is 3.79. The molecule has 1 unspecified atom stereocenters. The number of amides is 1. The monoisotopic (exact) mass is 393 g/mol. The summed E-state index contributed by atoms with van der Waals surface area (Å²) >= 11 is 1.27. The molecular formula is C22H23N3O2S. The van der Waals surface area contributed by atoms with E-state index in [4.69, 9.17) is 4.98 Å². The van der Waals surface area contributed by atoms with Gasteiger partial charge in [-0.05, 0) is 50.1 Å². The zero-order chi connectivity index (χ0) is 20.3. The van der Waals surface area contributed by atoms with E-state index in [1.54, 1.807) is 23.6 Å². The van der Waals surface area contributed by atoms with E-state index in [1.807, 2.05) is 50.2 Å². The number of para-hydroxylation sites is 1. The van der Waals surface area contributed by atoms with Gasteiger partial charge in [-0.3, -0.25) is 14.2 Å². The summed E-state index contributed by atoms with van der Waals surface area (Å²) in [6.07, 6.45) is 1.63. The smallest absolute Gasteiger partial charge is 0.266 e. The topological polar surface area (TPSA) is 64.0 Å². The van der Waals surface area contributed by atoms with Crippen molar-refractivity contribution in [3.05, 3.63) is 76.6 Å². The second kappa shape index (κ2) is 8.44. The molecule has 1 N–H and O–H groups in total. The standard InChI is InChI=1S/C22H23N3O2S/c1-5-13-23-20(26)16(4)28-22-24-18-11-7-6-10-17(18)21(27)25(22)19-12-8-9-14(2)15(19)3/h5-12,16H,1,13H2,2-4H3,(H,23,26). The number of carbonyl (C=O) groups is 1. The Balaban J connectivity index is 2.18. The molecule has 0 fully saturated rings. The predicted molar refractivity (Wildman–Crippen MR) is 115 cm³/mol. The Morgan fingerprint density at radius 3 is 2.75 bits per heavy atom. The van der Waals surface area contributed by atoms with Crippen molar-refractivity contribution < 1.29 is 4.79 Å². The van der Waals surface area contributed by atoms with E-state index in [-0.39, 0.29) is 11.5 Å². The van der Waals surface area contributed by atoms with Gasteiger partial charge in [0.15, 0.2) is 5.16 Å². The van der Waals surface area contributed by atoms with Gasteiger partial charge in [-0.25, -0.2) is 4.98 Å². The molecule has 144 valence electrons. The molecule has 0 spiro atoms. The van der Waals surface area contributed by atoms with Gasteiger partial charge in [-0.2, -0.15) is 0 Å². The lowest BCUT2D eigenvalue weighted by Crippen LogP contribution is -2.32. The summed E-state index contributed by atoms with van der Waals surface area (Å²) in [7, 11) is 0. The molecule has 0 saturated carbocycles. The molecule has 0 aliphatic rings. The summed E-state index contributed by atoms with van der Waals surface area (Å²) in [4.78, 5) is 30.4. The average Bonchev–Trinajstić information content (AvgIpc) is 2.69. The van der Waals surface area contributed by atoms with Crippen LogP contribution in [0.5, 0.6) is 0 Å². The van der Waals surface area contributed by atoms with Gasteiger partial charge in [0.2, 0.25) is 5.91 Å². The minimum Gasteiger partial charge on any atom is -0.352 e. The third kappa shape index (κ3) is 3.87. The molecule has 3 rings (SSSR count). The molecule has 5 nitrogen and oxygen atoms in total. The molecule has 3 aromatic rings. The second-order valence-corrected chi connectivity index (χ2v) is 7.87. The van der Waals surface area contributed by atoms with Crippen LogP contribution in [-0.4, -0.2) is 27.3 Å². The number of nitrogens with one attached hydrogen (secondary N) is 1. The minimum absolute atomic E-state index is 0.125. The SMILES string of the molecule is C=CCNC(=O)C(C)Sc1nc2ccccc2c(=O)n1-c1cccc(C)c1C. The van der Waals surface area contributed by atoms with Crippen molar-refractivity contribution in [1.29, 1.82) is 0 Å². The third-order valence-electron chi connectivity index (χ3n) is 4.63. The van der Waals surface area contributed by atoms with Gasteiger partial charge in [0.05, 0.1) is 21.8 Å². The molecule has 1 atom stereocenters. The highest BCUT2D eigenvalue weighted by Gasteiger charge is 2.20. The highest BCUT2D eigenvalue weighted by Crippen LogP contribution is 2.27. The van der Waals surface area contributed by atoms with Crippen LogP contribution >= 0.6 is 11.8 Å². The maximum Gasteiger partial charge on any atom is 0.266 e. The second-order valence-electron chi connectivity index (χ2n) is 6.57. The van der Waals surface area contributed by atoms with Crippen molar-refractivity contribution in [3.63, 3.8) is 0 Å². The number of thioether (sulfide) groups is 1. The number of aryl methyl sites for hydroxylation is 1. The van der Waals surface area contributed by atoms with Gasteiger partial charge >= 0.3 is 0 Å². The Kier molecular flexibility index (Phi) is 5.99. The Bertz CT molecular complexity index is 1100. The lowest BCUT2D eigenvalue weighted by atomic mass is 10.1. The number of fused-ring (bicyclic) bond motifs is 1. The van der Waals surface area contributed by atoms with Crippen LogP contribution in [0.1, 0.15) is 18.1 Å². The zero-order valence-corrected chi connectivity index (χ0v) is 17.0. The fraction of sp³-hybridized carbons (Fsp3) is 0.227. The molecule has 2 aromatic carbocycles. The number of hydrogen-bond acceptors (Lipinski definition) is 4. The Labute approximate surface area is 168 Å². The Morgan fingerprint density at radius 2 is 2.00 bits per heavy atom. The summed E-state index contributed by atoms with van der Waals surface area (Å²) in [5.74, 6) is -0.125. The lowest BCUT2D eigenvalue weighted by Gasteiger charge is -2.18. The fourth-order valence-corrected chi connectivity index (χ4v) is 3.85. The first-order valence-electron chi connectivity index (χ1n) is 9.07. The largest absolute Gasteiger partial charge is 0.352 e. The molecule has 0 aliphatic carbocycles. The number of carbonyl (C=O) groups excluding carboxylic acids is 1. The number of benzene rings is 2. The van der Waals surface area contributed by atoms with E-state index in [1.165, 1.54) is 11.8 Å². The van der Waals surface area contributed by atoms with Gasteiger partial charge in [0.1, 0.15) is 0 Å². The summed E-state index contributed by atoms with van der Waals surface area (Å²) in [5, 5.41) is 3.43. The van der Waals surface area contributed by atoms with E-state index in [9.17, 15) is 9.59 Å². The van der Waals surface area contributed by atoms with Crippen molar-refractivity contribution in [3.8, 4) is 5.69 Å². The van der Waals surface area contributed by atoms with E-state index in [0.717, 1.165) is 16.8 Å². The summed E-state index contributed by atoms with van der Waals surface area (Å²) in [5.41, 5.74) is 3.36. The molecule has 0 aliphatic heterocycles. The van der Waals surface area contributed by atoms with Crippen LogP contribution in [0.3, 0.4) is 0 Å². The van der Waals surface area contributed by atoms with Crippen LogP contribution in [-0.2, 0) is 4.79 Å². The van der Waals surface area contributed by atoms with Crippen LogP contribution < -0.4 is 10.9 Å². The normalized spacial score (nSPS) is 12.0. The van der Waals surface area contributed by atoms with E-state index in [0.29, 0.717) is 22.6 Å². The van der Waals surface area contributed by atoms with Crippen molar-refractivity contribution >= 4 is 28.6 Å². The number of rotatable bonds is 6. The van der Waals surface area contributed by atoms with Gasteiger partial charge < -0.3 is 5.32 Å². The first-order chi connectivity index (χ1) is 13.4. The van der Waals surface area contributed by atoms with Crippen molar-refractivity contribution in [2.75, 3.05) is 6.54 Å². The van der Waals surface area contributed by atoms with Gasteiger partial charge in [0, 0.05) is 6.54 Å². The van der Waals surface area contributed by atoms with Crippen molar-refractivity contribution in [1.82, 2.24) is 14.9 Å². The van der Waals surface area contributed by atoms with Gasteiger partial charge in [0.25, 0.3) is 5.56 Å². The molecule has 6 heteroatoms. The van der Waals surface area contributed by atoms with E-state index >= 15 is 0 Å². The molecular weight excluding hydrogens is 370 g/mol. The Hall–Kier alpha value is -2.86. The van der Waals surface area contributed by atoms with Crippen LogP contribution in [0, 0.1) is 13.8 Å². The molecule has 1 amide bonds. The third-order valence-corrected chi connectivity index (χ3v) is 5.69. The highest BCUT2D eigenvalue weighted by molar-refractivity contribution is 8.00. The quantitative estimate of drug-likeness (QED) is 0.393. The van der Waals surface area contributed by atoms with E-state index < -0.39 is 5.25 Å². The van der Waals surface area contributed by atoms with Crippen LogP contribution in [0.25, 0.3) is 16.6 Å². The zero-order valence-electron chi connectivity index (χ0n) is 16.2. The van der Waals surface area contributed by atoms with Crippen molar-refractivity contribution in [2.45, 2.75) is 31.2 Å². The number of hydrogen-bond donors (Lipinski definition) is 1. The van der Waals surface area contributed by atoms with Crippen LogP contribution in [0.2, 0.25) is 0 Å². The summed E-state index contributed by atoms with van der Waals surface area (Å²) < 4.78 is 1.62. The lowest BCUT2D eigenvalue weighted by molar-refractivity contribution is -0.120. The minimum atomic E-state index is -0.413. The highest BCUT2D eigenvalue weighted by atomic mass is 32.2. The van der Waals surface area contributed by atoms with Crippen molar-refractivity contribution in [2.24, 2.45) is 0 Å². The fourth-order valence-electron chi connectivity index (χ4n) is 2.91. The summed E-state index contributed by atoms with van der Waals surface area (Å²) in [6.45, 7) is 9.82. The maximum absolute atomic E-state index is 13.3. The number of aromatic nitrogens is 2. The van der Waals surface area contributed by atoms with Gasteiger partial charge in [-0.15, -0.1) is 6.58 Å². The Morgan fingerprint density at radius 1 is 1.25 bits per heavy atom. The number of nitrogens with zero attached hydrogens (tertiary/aromatic N) is 2. The van der Waals surface area contributed by atoms with E-state index in [2.05, 4.69) is 11.9 Å². The first kappa shape index (κ1) is 19.9. The molecule has 0 bridgehead atoms. The molecule has 1 aromatic heterocycles. The first-order valence-corrected chi connectivity index (χ1v) is 9.95. The molecule has 0 saturated heterocycles.